The van der Waals surface area contributed by atoms with Crippen LogP contribution in [0.4, 0.5) is 5.69 Å². The molecule has 23 heavy (non-hydrogen) atoms. The van der Waals surface area contributed by atoms with Crippen molar-refractivity contribution in [2.45, 2.75) is 13.3 Å². The first-order valence-electron chi connectivity index (χ1n) is 7.40. The van der Waals surface area contributed by atoms with Gasteiger partial charge in [0.15, 0.2) is 0 Å². The smallest absolute Gasteiger partial charge is 0.310 e. The summed E-state index contributed by atoms with van der Waals surface area (Å²) < 4.78 is 11.8. The molecule has 0 amide bonds. The van der Waals surface area contributed by atoms with Gasteiger partial charge in [-0.3, -0.25) is 4.79 Å². The van der Waals surface area contributed by atoms with Crippen LogP contribution in [0.3, 0.4) is 0 Å². The number of benzene rings is 2. The van der Waals surface area contributed by atoms with Crippen molar-refractivity contribution in [1.82, 2.24) is 0 Å². The average molecular weight is 374 g/mol. The summed E-state index contributed by atoms with van der Waals surface area (Å²) in [5, 5.41) is 0. The highest BCUT2D eigenvalue weighted by atomic mass is 79.9. The number of fused-ring (bicyclic) bond motifs is 1. The molecule has 0 aromatic heterocycles. The van der Waals surface area contributed by atoms with Crippen molar-refractivity contribution in [2.75, 3.05) is 13.2 Å². The molecule has 0 saturated carbocycles. The lowest BCUT2D eigenvalue weighted by Crippen LogP contribution is -2.16. The topological polar surface area (TPSA) is 47.9 Å². The first-order valence-corrected chi connectivity index (χ1v) is 8.20. The zero-order chi connectivity index (χ0) is 16.2. The minimum Gasteiger partial charge on any atom is -0.485 e. The number of hydrogen-bond donors (Lipinski definition) is 0. The third-order valence-corrected chi connectivity index (χ3v) is 4.00. The molecule has 1 aliphatic heterocycles. The predicted molar refractivity (Wildman–Crippen MR) is 92.6 cm³/mol. The monoisotopic (exact) mass is 373 g/mol. The van der Waals surface area contributed by atoms with Crippen LogP contribution in [-0.4, -0.2) is 24.9 Å². The lowest BCUT2D eigenvalue weighted by Gasteiger charge is -2.18. The van der Waals surface area contributed by atoms with E-state index < -0.39 is 0 Å². The number of carbonyl (C=O) groups excluding carboxylic acids is 1. The van der Waals surface area contributed by atoms with E-state index in [2.05, 4.69) is 20.9 Å². The van der Waals surface area contributed by atoms with Gasteiger partial charge in [-0.05, 0) is 42.3 Å². The molecular weight excluding hydrogens is 358 g/mol. The van der Waals surface area contributed by atoms with Gasteiger partial charge in [0.05, 0.1) is 18.7 Å². The van der Waals surface area contributed by atoms with Gasteiger partial charge < -0.3 is 9.47 Å². The molecule has 3 rings (SSSR count). The van der Waals surface area contributed by atoms with Gasteiger partial charge >= 0.3 is 5.97 Å². The van der Waals surface area contributed by atoms with E-state index in [9.17, 15) is 4.79 Å². The van der Waals surface area contributed by atoms with Gasteiger partial charge in [-0.2, -0.15) is 0 Å². The van der Waals surface area contributed by atoms with E-state index >= 15 is 0 Å². The predicted octanol–water partition coefficient (Wildman–Crippen LogP) is 4.07. The van der Waals surface area contributed by atoms with Crippen molar-refractivity contribution < 1.29 is 14.3 Å². The molecule has 1 heterocycles. The maximum Gasteiger partial charge on any atom is 0.310 e. The first-order chi connectivity index (χ1) is 11.2. The van der Waals surface area contributed by atoms with Crippen molar-refractivity contribution in [3.8, 4) is 5.75 Å². The quantitative estimate of drug-likeness (QED) is 0.758. The maximum absolute atomic E-state index is 11.6. The molecule has 0 saturated heterocycles. The Bertz CT molecular complexity index is 753. The number of aliphatic imine (C=N–C) groups is 1. The van der Waals surface area contributed by atoms with Crippen LogP contribution >= 0.6 is 15.9 Å². The van der Waals surface area contributed by atoms with E-state index in [1.807, 2.05) is 42.5 Å². The largest absolute Gasteiger partial charge is 0.485 e. The van der Waals surface area contributed by atoms with Crippen molar-refractivity contribution in [3.05, 3.63) is 58.1 Å². The van der Waals surface area contributed by atoms with Crippen LogP contribution in [0, 0.1) is 0 Å². The second-order valence-electron chi connectivity index (χ2n) is 5.14. The van der Waals surface area contributed by atoms with E-state index in [1.165, 1.54) is 0 Å². The molecule has 1 aliphatic rings. The summed E-state index contributed by atoms with van der Waals surface area (Å²) >= 11 is 3.43. The highest BCUT2D eigenvalue weighted by Crippen LogP contribution is 2.33. The second-order valence-corrected chi connectivity index (χ2v) is 6.05. The van der Waals surface area contributed by atoms with Crippen molar-refractivity contribution in [2.24, 2.45) is 4.99 Å². The Kier molecular flexibility index (Phi) is 4.76. The van der Waals surface area contributed by atoms with Gasteiger partial charge in [0, 0.05) is 4.47 Å². The zero-order valence-corrected chi connectivity index (χ0v) is 14.3. The normalized spacial score (nSPS) is 12.9. The van der Waals surface area contributed by atoms with Crippen LogP contribution in [-0.2, 0) is 16.0 Å². The van der Waals surface area contributed by atoms with Gasteiger partial charge in [0.2, 0.25) is 0 Å². The molecule has 2 aromatic carbocycles. The molecule has 2 aromatic rings. The number of nitrogens with zero attached hydrogens (tertiary/aromatic N) is 1. The van der Waals surface area contributed by atoms with Crippen molar-refractivity contribution in [3.63, 3.8) is 0 Å². The number of halogens is 1. The third-order valence-electron chi connectivity index (χ3n) is 3.47. The Morgan fingerprint density at radius 3 is 2.78 bits per heavy atom. The second kappa shape index (κ2) is 6.96. The van der Waals surface area contributed by atoms with Crippen LogP contribution < -0.4 is 4.74 Å². The van der Waals surface area contributed by atoms with Crippen LogP contribution in [0.5, 0.6) is 5.75 Å². The van der Waals surface area contributed by atoms with Crippen LogP contribution in [0.2, 0.25) is 0 Å². The van der Waals surface area contributed by atoms with E-state index in [-0.39, 0.29) is 12.4 Å². The van der Waals surface area contributed by atoms with Gasteiger partial charge in [-0.25, -0.2) is 4.99 Å². The van der Waals surface area contributed by atoms with Gasteiger partial charge in [-0.15, -0.1) is 0 Å². The third kappa shape index (κ3) is 3.79. The average Bonchev–Trinajstić information content (AvgIpc) is 2.55. The highest BCUT2D eigenvalue weighted by Gasteiger charge is 2.16. The lowest BCUT2D eigenvalue weighted by atomic mass is 10.1. The van der Waals surface area contributed by atoms with E-state index in [1.54, 1.807) is 6.92 Å². The summed E-state index contributed by atoms with van der Waals surface area (Å²) in [5.41, 5.74) is 3.51. The summed E-state index contributed by atoms with van der Waals surface area (Å²) in [6, 6.07) is 13.6. The lowest BCUT2D eigenvalue weighted by molar-refractivity contribution is -0.142. The minimum atomic E-state index is -0.235. The molecule has 0 fully saturated rings. The van der Waals surface area contributed by atoms with Crippen LogP contribution in [0.25, 0.3) is 0 Å². The molecule has 0 radical (unpaired) electrons. The SMILES string of the molecule is CCOC(=O)Cc1ccc2c(c1)N=C(c1ccc(Br)cc1)CO2. The van der Waals surface area contributed by atoms with Gasteiger partial charge in [-0.1, -0.05) is 34.1 Å². The van der Waals surface area contributed by atoms with Crippen molar-refractivity contribution >= 4 is 33.3 Å². The Labute approximate surface area is 143 Å². The zero-order valence-electron chi connectivity index (χ0n) is 12.7. The Balaban J connectivity index is 1.86. The Morgan fingerprint density at radius 1 is 1.26 bits per heavy atom. The Morgan fingerprint density at radius 2 is 2.04 bits per heavy atom. The molecule has 0 aliphatic carbocycles. The molecule has 4 nitrogen and oxygen atoms in total. The number of carbonyl (C=O) groups is 1. The number of rotatable bonds is 4. The fraction of sp³-hybridized carbons (Fsp3) is 0.222. The van der Waals surface area contributed by atoms with Gasteiger partial charge in [0.1, 0.15) is 18.0 Å². The fourth-order valence-electron chi connectivity index (χ4n) is 2.37. The van der Waals surface area contributed by atoms with E-state index in [4.69, 9.17) is 9.47 Å². The standard InChI is InChI=1S/C18H16BrNO3/c1-2-22-18(21)10-12-3-8-17-15(9-12)20-16(11-23-17)13-4-6-14(19)7-5-13/h3-9H,2,10-11H2,1H3. The molecule has 0 atom stereocenters. The summed E-state index contributed by atoms with van der Waals surface area (Å²) in [6.07, 6.45) is 0.240. The summed E-state index contributed by atoms with van der Waals surface area (Å²) in [5.74, 6) is 0.500. The number of hydrogen-bond acceptors (Lipinski definition) is 4. The molecule has 0 spiro atoms. The minimum absolute atomic E-state index is 0.235. The summed E-state index contributed by atoms with van der Waals surface area (Å²) in [7, 11) is 0. The Hall–Kier alpha value is -2.14. The first kappa shape index (κ1) is 15.7. The molecular formula is C18H16BrNO3. The van der Waals surface area contributed by atoms with Crippen LogP contribution in [0.15, 0.2) is 51.9 Å². The molecule has 0 bridgehead atoms. The fourth-order valence-corrected chi connectivity index (χ4v) is 2.64. The van der Waals surface area contributed by atoms with Crippen LogP contribution in [0.1, 0.15) is 18.1 Å². The highest BCUT2D eigenvalue weighted by molar-refractivity contribution is 9.10. The summed E-state index contributed by atoms with van der Waals surface area (Å²) in [6.45, 7) is 2.62. The number of ether oxygens (including phenoxy) is 2. The van der Waals surface area contributed by atoms with Crippen molar-refractivity contribution in [1.29, 1.82) is 0 Å². The van der Waals surface area contributed by atoms with E-state index in [0.717, 1.165) is 32.7 Å². The molecule has 5 heteroatoms. The number of esters is 1. The molecule has 118 valence electrons. The molecule has 0 N–H and O–H groups in total. The van der Waals surface area contributed by atoms with Gasteiger partial charge in [0.25, 0.3) is 0 Å². The van der Waals surface area contributed by atoms with E-state index in [0.29, 0.717) is 13.2 Å². The maximum atomic E-state index is 11.6. The molecule has 0 unspecified atom stereocenters. The summed E-state index contributed by atoms with van der Waals surface area (Å²) in [4.78, 5) is 16.3.